The van der Waals surface area contributed by atoms with Crippen LogP contribution in [0.5, 0.6) is 0 Å². The van der Waals surface area contributed by atoms with Gasteiger partial charge in [0.15, 0.2) is 4.80 Å². The molecule has 0 bridgehead atoms. The number of aromatic nitrogens is 1. The second kappa shape index (κ2) is 11.4. The molecule has 3 aromatic carbocycles. The molecule has 0 fully saturated rings. The number of carbonyl (C=O) groups excluding carboxylic acids is 1. The Morgan fingerprint density at radius 3 is 2.16 bits per heavy atom. The summed E-state index contributed by atoms with van der Waals surface area (Å²) < 4.78 is 7.73. The minimum absolute atomic E-state index is 0.0994. The largest absolute Gasteiger partial charge is 0.478 e. The molecule has 3 heterocycles. The Morgan fingerprint density at radius 2 is 1.58 bits per heavy atom. The van der Waals surface area contributed by atoms with Crippen molar-refractivity contribution in [3.63, 3.8) is 0 Å². The molecule has 0 radical (unpaired) electrons. The number of carboxylic acids is 1. The number of aromatic carboxylic acids is 1. The van der Waals surface area contributed by atoms with Crippen molar-refractivity contribution in [1.29, 1.82) is 5.26 Å². The zero-order valence-corrected chi connectivity index (χ0v) is 23.5. The molecule has 0 aliphatic carbocycles. The van der Waals surface area contributed by atoms with E-state index in [1.165, 1.54) is 60.7 Å². The first-order valence-electron chi connectivity index (χ1n) is 13.1. The number of furan rings is 1. The Bertz CT molecular complexity index is 2110. The Kier molecular flexibility index (Phi) is 7.24. The van der Waals surface area contributed by atoms with Crippen LogP contribution >= 0.6 is 11.3 Å². The van der Waals surface area contributed by atoms with Crippen LogP contribution in [0.1, 0.15) is 26.9 Å². The molecule has 5 aromatic rings. The second-order valence-electron chi connectivity index (χ2n) is 9.75. The molecule has 2 aromatic heterocycles. The van der Waals surface area contributed by atoms with E-state index < -0.39 is 33.6 Å². The zero-order valence-electron chi connectivity index (χ0n) is 22.7. The molecule has 222 valence electrons. The van der Waals surface area contributed by atoms with Crippen LogP contribution in [0.25, 0.3) is 17.0 Å². The van der Waals surface area contributed by atoms with Gasteiger partial charge in [0.05, 0.1) is 43.6 Å². The maximum atomic E-state index is 13.3. The fourth-order valence-corrected chi connectivity index (χ4v) is 6.15. The average Bonchev–Trinajstić information content (AvgIpc) is 3.66. The highest BCUT2D eigenvalue weighted by molar-refractivity contribution is 7.10. The van der Waals surface area contributed by atoms with Crippen molar-refractivity contribution < 1.29 is 29.0 Å². The van der Waals surface area contributed by atoms with Gasteiger partial charge in [0.25, 0.3) is 11.4 Å². The van der Waals surface area contributed by atoms with Crippen LogP contribution in [0, 0.1) is 37.5 Å². The first kappa shape index (κ1) is 28.7. The van der Waals surface area contributed by atoms with Crippen LogP contribution in [-0.4, -0.2) is 31.4 Å². The van der Waals surface area contributed by atoms with Crippen LogP contribution in [0.2, 0.25) is 0 Å². The molecule has 2 atom stereocenters. The number of nitriles is 1. The summed E-state index contributed by atoms with van der Waals surface area (Å²) >= 11 is 1.14. The molecule has 2 N–H and O–H groups in total. The molecule has 6 rings (SSSR count). The lowest BCUT2D eigenvalue weighted by Crippen LogP contribution is -2.33. The monoisotopic (exact) mass is 622 g/mol. The van der Waals surface area contributed by atoms with Crippen LogP contribution in [-0.2, 0) is 4.79 Å². The number of amides is 1. The number of thiazole rings is 1. The van der Waals surface area contributed by atoms with Gasteiger partial charge in [-0.3, -0.25) is 29.6 Å². The SMILES string of the molecule is N#CC1C(=O)Nc2c(sc(=Nc3ccc([N+](=O)[O-])cc3)n2-c2ccc([N+](=O)[O-])cc2)C1c1ccc(-c2ccc(C(=O)O)cc2)o1. The number of nitrogens with zero attached hydrogens (tertiary/aromatic N) is 5. The quantitative estimate of drug-likeness (QED) is 0.167. The van der Waals surface area contributed by atoms with E-state index in [0.29, 0.717) is 38.1 Å². The predicted octanol–water partition coefficient (Wildman–Crippen LogP) is 5.77. The van der Waals surface area contributed by atoms with Crippen molar-refractivity contribution in [2.45, 2.75) is 5.92 Å². The van der Waals surface area contributed by atoms with Gasteiger partial charge in [0.2, 0.25) is 5.91 Å². The summed E-state index contributed by atoms with van der Waals surface area (Å²) in [7, 11) is 0. The molecule has 0 saturated carbocycles. The molecule has 14 nitrogen and oxygen atoms in total. The van der Waals surface area contributed by atoms with Gasteiger partial charge in [-0.25, -0.2) is 9.79 Å². The highest BCUT2D eigenvalue weighted by Crippen LogP contribution is 2.44. The molecule has 0 saturated heterocycles. The smallest absolute Gasteiger partial charge is 0.335 e. The number of carbonyl (C=O) groups is 2. The third-order valence-corrected chi connectivity index (χ3v) is 8.21. The van der Waals surface area contributed by atoms with E-state index in [9.17, 15) is 40.2 Å². The molecule has 1 aliphatic rings. The van der Waals surface area contributed by atoms with E-state index in [4.69, 9.17) is 4.42 Å². The van der Waals surface area contributed by atoms with E-state index in [1.54, 1.807) is 28.8 Å². The summed E-state index contributed by atoms with van der Waals surface area (Å²) in [4.78, 5) is 51.4. The number of fused-ring (bicyclic) bond motifs is 1. The van der Waals surface area contributed by atoms with E-state index >= 15 is 0 Å². The highest BCUT2D eigenvalue weighted by atomic mass is 32.1. The Labute approximate surface area is 256 Å². The van der Waals surface area contributed by atoms with Gasteiger partial charge in [-0.1, -0.05) is 23.5 Å². The highest BCUT2D eigenvalue weighted by Gasteiger charge is 2.42. The Hall–Kier alpha value is -6.40. The van der Waals surface area contributed by atoms with Crippen LogP contribution in [0.4, 0.5) is 22.9 Å². The van der Waals surface area contributed by atoms with E-state index in [2.05, 4.69) is 16.4 Å². The maximum absolute atomic E-state index is 13.3. The van der Waals surface area contributed by atoms with Gasteiger partial charge in [0.1, 0.15) is 23.3 Å². The number of benzene rings is 3. The normalized spacial score (nSPS) is 16.0. The van der Waals surface area contributed by atoms with Crippen molar-refractivity contribution in [1.82, 2.24) is 4.57 Å². The number of nitro groups is 2. The number of non-ortho nitro benzene ring substituents is 2. The predicted molar refractivity (Wildman–Crippen MR) is 159 cm³/mol. The third kappa shape index (κ3) is 5.32. The number of hydrogen-bond acceptors (Lipinski definition) is 10. The molecular weight excluding hydrogens is 604 g/mol. The number of hydrogen-bond donors (Lipinski definition) is 2. The minimum atomic E-state index is -1.19. The fourth-order valence-electron chi connectivity index (χ4n) is 4.90. The van der Waals surface area contributed by atoms with Crippen LogP contribution in [0.15, 0.2) is 94.3 Å². The van der Waals surface area contributed by atoms with Gasteiger partial charge in [-0.15, -0.1) is 0 Å². The number of nitro benzene ring substituents is 2. The van der Waals surface area contributed by atoms with Gasteiger partial charge in [-0.05, 0) is 48.5 Å². The zero-order chi connectivity index (χ0) is 31.8. The van der Waals surface area contributed by atoms with Crippen molar-refractivity contribution in [3.05, 3.63) is 126 Å². The van der Waals surface area contributed by atoms with Gasteiger partial charge < -0.3 is 14.8 Å². The Balaban J connectivity index is 1.52. The lowest BCUT2D eigenvalue weighted by Gasteiger charge is -2.26. The maximum Gasteiger partial charge on any atom is 0.335 e. The van der Waals surface area contributed by atoms with Crippen molar-refractivity contribution >= 4 is 46.1 Å². The summed E-state index contributed by atoms with van der Waals surface area (Å²) in [5, 5.41) is 44.5. The number of nitrogens with one attached hydrogen (secondary N) is 1. The minimum Gasteiger partial charge on any atom is -0.478 e. The Morgan fingerprint density at radius 1 is 0.956 bits per heavy atom. The van der Waals surface area contributed by atoms with Gasteiger partial charge in [0, 0.05) is 29.8 Å². The molecule has 0 spiro atoms. The fraction of sp³-hybridized carbons (Fsp3) is 0.0667. The summed E-state index contributed by atoms with van der Waals surface area (Å²) in [5.74, 6) is -2.78. The standard InChI is InChI=1S/C30H18N6O8S/c31-15-22-25(24-14-13-23(44-24)16-1-3-17(4-2-16)29(38)39)26-27(33-28(22)37)34(19-9-11-21(12-10-19)36(42)43)30(45-26)32-18-5-7-20(8-6-18)35(40)41/h1-14,22,25H,(H,33,37)(H,38,39). The van der Waals surface area contributed by atoms with Gasteiger partial charge >= 0.3 is 5.97 Å². The molecule has 1 amide bonds. The first-order valence-corrected chi connectivity index (χ1v) is 13.9. The topological polar surface area (TPSA) is 207 Å². The molecule has 15 heteroatoms. The molecule has 1 aliphatic heterocycles. The van der Waals surface area contributed by atoms with Crippen molar-refractivity contribution in [2.24, 2.45) is 10.9 Å². The number of rotatable bonds is 7. The van der Waals surface area contributed by atoms with Crippen LogP contribution in [0.3, 0.4) is 0 Å². The lowest BCUT2D eigenvalue weighted by molar-refractivity contribution is -0.385. The number of carboxylic acid groups (broad SMARTS) is 1. The molecular formula is C30H18N6O8S. The summed E-state index contributed by atoms with van der Waals surface area (Å²) in [6, 6.07) is 22.5. The van der Waals surface area contributed by atoms with E-state index in [-0.39, 0.29) is 22.8 Å². The summed E-state index contributed by atoms with van der Waals surface area (Å²) in [5.41, 5.74) is 1.19. The lowest BCUT2D eigenvalue weighted by atomic mass is 9.86. The van der Waals surface area contributed by atoms with E-state index in [0.717, 1.165) is 11.3 Å². The van der Waals surface area contributed by atoms with E-state index in [1.807, 2.05) is 0 Å². The average molecular weight is 623 g/mol. The summed E-state index contributed by atoms with van der Waals surface area (Å²) in [6.07, 6.45) is 0. The second-order valence-corrected chi connectivity index (χ2v) is 10.8. The van der Waals surface area contributed by atoms with Crippen molar-refractivity contribution in [3.8, 4) is 23.1 Å². The first-order chi connectivity index (χ1) is 21.6. The summed E-state index contributed by atoms with van der Waals surface area (Å²) in [6.45, 7) is 0. The molecule has 45 heavy (non-hydrogen) atoms. The van der Waals surface area contributed by atoms with Gasteiger partial charge in [-0.2, -0.15) is 5.26 Å². The van der Waals surface area contributed by atoms with Crippen molar-refractivity contribution in [2.75, 3.05) is 5.32 Å². The van der Waals surface area contributed by atoms with Crippen LogP contribution < -0.4 is 10.1 Å². The third-order valence-electron chi connectivity index (χ3n) is 7.08. The molecule has 2 unspecified atom stereocenters. The number of anilines is 1.